The van der Waals surface area contributed by atoms with Crippen molar-refractivity contribution in [1.82, 2.24) is 10.2 Å². The molecule has 25 heavy (non-hydrogen) atoms. The molecule has 2 aromatic carbocycles. The summed E-state index contributed by atoms with van der Waals surface area (Å²) in [4.78, 5) is 0. The Morgan fingerprint density at radius 3 is 2.04 bits per heavy atom. The molecule has 0 atom stereocenters. The molecule has 0 fully saturated rings. The third kappa shape index (κ3) is 2.98. The molecule has 0 saturated carbocycles. The highest BCUT2D eigenvalue weighted by molar-refractivity contribution is 6.34. The van der Waals surface area contributed by atoms with Crippen molar-refractivity contribution in [2.24, 2.45) is 5.10 Å². The molecule has 0 aliphatic heterocycles. The average Bonchev–Trinajstić information content (AvgIpc) is 2.63. The summed E-state index contributed by atoms with van der Waals surface area (Å²) in [6, 6.07) is 6.68. The topological polar surface area (TPSA) is 50.2 Å². The average molecular weight is 373 g/mol. The molecule has 0 aliphatic carbocycles. The minimum absolute atomic E-state index is 0.0834. The van der Waals surface area contributed by atoms with E-state index in [9.17, 15) is 22.0 Å². The number of halogens is 6. The molecule has 0 bridgehead atoms. The van der Waals surface area contributed by atoms with Crippen LogP contribution in [0, 0.1) is 29.1 Å². The molecule has 0 amide bonds. The fourth-order valence-electron chi connectivity index (χ4n) is 2.05. The van der Waals surface area contributed by atoms with Crippen LogP contribution in [0.2, 0.25) is 5.15 Å². The van der Waals surface area contributed by atoms with Crippen molar-refractivity contribution in [2.45, 2.75) is 0 Å². The van der Waals surface area contributed by atoms with Gasteiger partial charge in [-0.15, -0.1) is 10.2 Å². The first-order valence-electron chi connectivity index (χ1n) is 6.63. The number of anilines is 1. The van der Waals surface area contributed by atoms with E-state index in [2.05, 4.69) is 20.7 Å². The highest BCUT2D eigenvalue weighted by Crippen LogP contribution is 2.26. The van der Waals surface area contributed by atoms with Crippen LogP contribution in [-0.4, -0.2) is 16.4 Å². The van der Waals surface area contributed by atoms with Gasteiger partial charge in [0, 0.05) is 10.8 Å². The maximum absolute atomic E-state index is 13.5. The number of rotatable bonds is 3. The second kappa shape index (κ2) is 6.60. The lowest BCUT2D eigenvalue weighted by molar-refractivity contribution is 0.377. The molecule has 3 aromatic rings. The van der Waals surface area contributed by atoms with Crippen LogP contribution >= 0.6 is 11.6 Å². The Kier molecular flexibility index (Phi) is 4.49. The van der Waals surface area contributed by atoms with Crippen LogP contribution in [-0.2, 0) is 0 Å². The van der Waals surface area contributed by atoms with E-state index < -0.39 is 34.6 Å². The Morgan fingerprint density at radius 2 is 1.40 bits per heavy atom. The minimum Gasteiger partial charge on any atom is -0.259 e. The van der Waals surface area contributed by atoms with E-state index in [0.29, 0.717) is 17.0 Å². The molecule has 0 aliphatic rings. The van der Waals surface area contributed by atoms with Gasteiger partial charge in [0.05, 0.1) is 11.8 Å². The predicted molar refractivity (Wildman–Crippen MR) is 82.0 cm³/mol. The fraction of sp³-hybridized carbons (Fsp3) is 0. The van der Waals surface area contributed by atoms with Gasteiger partial charge in [0.2, 0.25) is 5.82 Å². The fourth-order valence-corrected chi connectivity index (χ4v) is 2.25. The quantitative estimate of drug-likeness (QED) is 0.243. The Morgan fingerprint density at radius 1 is 0.840 bits per heavy atom. The molecule has 1 N–H and O–H groups in total. The highest BCUT2D eigenvalue weighted by Gasteiger charge is 2.24. The number of hydrazone groups is 1. The summed E-state index contributed by atoms with van der Waals surface area (Å²) in [6.45, 7) is 0. The second-order valence-electron chi connectivity index (χ2n) is 4.74. The van der Waals surface area contributed by atoms with Crippen LogP contribution in [0.5, 0.6) is 0 Å². The monoisotopic (exact) mass is 372 g/mol. The van der Waals surface area contributed by atoms with Gasteiger partial charge in [0.1, 0.15) is 0 Å². The Balaban J connectivity index is 1.97. The van der Waals surface area contributed by atoms with E-state index >= 15 is 0 Å². The van der Waals surface area contributed by atoms with Crippen LogP contribution in [0.4, 0.5) is 27.8 Å². The standard InChI is InChI=1S/C15H6ClF5N4/c16-14-6-3-1-2-4-7(6)15(25-23-14)24-22-5-8-9(17)11(19)13(21)12(20)10(8)18/h1-5H,(H,24,25). The van der Waals surface area contributed by atoms with Crippen molar-refractivity contribution >= 4 is 34.4 Å². The third-order valence-electron chi connectivity index (χ3n) is 3.25. The van der Waals surface area contributed by atoms with Crippen LogP contribution in [0.25, 0.3) is 10.8 Å². The predicted octanol–water partition coefficient (Wildman–Crippen LogP) is 4.42. The molecule has 4 nitrogen and oxygen atoms in total. The van der Waals surface area contributed by atoms with Crippen LogP contribution < -0.4 is 5.43 Å². The number of benzene rings is 2. The minimum atomic E-state index is -2.24. The lowest BCUT2D eigenvalue weighted by Crippen LogP contribution is -2.07. The zero-order chi connectivity index (χ0) is 18.1. The van der Waals surface area contributed by atoms with Crippen LogP contribution in [0.3, 0.4) is 0 Å². The number of nitrogens with zero attached hydrogens (tertiary/aromatic N) is 3. The molecular weight excluding hydrogens is 367 g/mol. The molecule has 0 saturated heterocycles. The molecule has 1 heterocycles. The Bertz CT molecular complexity index is 980. The first kappa shape index (κ1) is 17.0. The summed E-state index contributed by atoms with van der Waals surface area (Å²) in [5, 5.41) is 12.0. The van der Waals surface area contributed by atoms with E-state index in [1.54, 1.807) is 24.3 Å². The number of hydrogen-bond donors (Lipinski definition) is 1. The first-order valence-corrected chi connectivity index (χ1v) is 7.01. The lowest BCUT2D eigenvalue weighted by Gasteiger charge is -2.06. The van der Waals surface area contributed by atoms with E-state index in [4.69, 9.17) is 11.6 Å². The second-order valence-corrected chi connectivity index (χ2v) is 5.10. The summed E-state index contributed by atoms with van der Waals surface area (Å²) >= 11 is 5.89. The molecule has 0 spiro atoms. The van der Waals surface area contributed by atoms with Crippen molar-refractivity contribution in [3.05, 3.63) is 64.1 Å². The van der Waals surface area contributed by atoms with E-state index in [1.165, 1.54) is 0 Å². The lowest BCUT2D eigenvalue weighted by atomic mass is 10.2. The van der Waals surface area contributed by atoms with Gasteiger partial charge in [0.15, 0.2) is 34.2 Å². The molecule has 128 valence electrons. The van der Waals surface area contributed by atoms with Gasteiger partial charge in [-0.25, -0.2) is 22.0 Å². The Hall–Kier alpha value is -2.81. The smallest absolute Gasteiger partial charge is 0.200 e. The van der Waals surface area contributed by atoms with Crippen LogP contribution in [0.15, 0.2) is 29.4 Å². The molecular formula is C15H6ClF5N4. The van der Waals surface area contributed by atoms with E-state index in [-0.39, 0.29) is 11.0 Å². The molecule has 0 radical (unpaired) electrons. The molecule has 3 rings (SSSR count). The summed E-state index contributed by atoms with van der Waals surface area (Å²) in [5.41, 5.74) is 1.15. The normalized spacial score (nSPS) is 11.4. The van der Waals surface area contributed by atoms with Crippen molar-refractivity contribution < 1.29 is 22.0 Å². The van der Waals surface area contributed by atoms with Crippen molar-refractivity contribution in [1.29, 1.82) is 0 Å². The maximum Gasteiger partial charge on any atom is 0.200 e. The molecule has 1 aromatic heterocycles. The van der Waals surface area contributed by atoms with Crippen molar-refractivity contribution in [3.63, 3.8) is 0 Å². The van der Waals surface area contributed by atoms with Gasteiger partial charge >= 0.3 is 0 Å². The summed E-state index contributed by atoms with van der Waals surface area (Å²) < 4.78 is 66.3. The number of hydrogen-bond acceptors (Lipinski definition) is 4. The van der Waals surface area contributed by atoms with Gasteiger partial charge < -0.3 is 0 Å². The third-order valence-corrected chi connectivity index (χ3v) is 3.53. The highest BCUT2D eigenvalue weighted by atomic mass is 35.5. The van der Waals surface area contributed by atoms with Crippen LogP contribution in [0.1, 0.15) is 5.56 Å². The molecule has 0 unspecified atom stereocenters. The number of nitrogens with one attached hydrogen (secondary N) is 1. The zero-order valence-electron chi connectivity index (χ0n) is 12.0. The number of aromatic nitrogens is 2. The Labute approximate surface area is 141 Å². The van der Waals surface area contributed by atoms with Gasteiger partial charge in [-0.3, -0.25) is 5.43 Å². The number of fused-ring (bicyclic) bond motifs is 1. The first-order chi connectivity index (χ1) is 11.9. The van der Waals surface area contributed by atoms with Crippen molar-refractivity contribution in [3.8, 4) is 0 Å². The SMILES string of the molecule is Fc1c(F)c(F)c(C=NNc2nnc(Cl)c3ccccc23)c(F)c1F. The summed E-state index contributed by atoms with van der Waals surface area (Å²) in [7, 11) is 0. The summed E-state index contributed by atoms with van der Waals surface area (Å²) in [5.74, 6) is -10.3. The van der Waals surface area contributed by atoms with Gasteiger partial charge in [-0.1, -0.05) is 35.9 Å². The summed E-state index contributed by atoms with van der Waals surface area (Å²) in [6.07, 6.45) is 0.460. The zero-order valence-corrected chi connectivity index (χ0v) is 12.8. The van der Waals surface area contributed by atoms with E-state index in [1.807, 2.05) is 0 Å². The van der Waals surface area contributed by atoms with Gasteiger partial charge in [-0.2, -0.15) is 5.10 Å². The van der Waals surface area contributed by atoms with Gasteiger partial charge in [0.25, 0.3) is 0 Å². The molecule has 10 heteroatoms. The van der Waals surface area contributed by atoms with E-state index in [0.717, 1.165) is 0 Å². The van der Waals surface area contributed by atoms with Crippen molar-refractivity contribution in [2.75, 3.05) is 5.43 Å². The maximum atomic E-state index is 13.5. The largest absolute Gasteiger partial charge is 0.259 e. The van der Waals surface area contributed by atoms with Gasteiger partial charge in [-0.05, 0) is 0 Å².